The number of carbonyl (C=O) groups is 2. The summed E-state index contributed by atoms with van der Waals surface area (Å²) in [5.74, 6) is 0.177. The number of aromatic nitrogens is 2. The number of hydrogen-bond donors (Lipinski definition) is 2. The molecular weight excluding hydrogens is 415 g/mol. The maximum absolute atomic E-state index is 14.3. The number of nitrogens with zero attached hydrogens (tertiary/aromatic N) is 2. The van der Waals surface area contributed by atoms with Crippen LogP contribution in [0.4, 0.5) is 19.7 Å². The van der Waals surface area contributed by atoms with Crippen molar-refractivity contribution in [3.8, 4) is 5.75 Å². The number of hydrogen-bond acceptors (Lipinski definition) is 5. The highest BCUT2D eigenvalue weighted by Gasteiger charge is 2.45. The Morgan fingerprint density at radius 3 is 2.88 bits per heavy atom. The van der Waals surface area contributed by atoms with Gasteiger partial charge < -0.3 is 20.1 Å². The fourth-order valence-electron chi connectivity index (χ4n) is 4.47. The molecule has 1 aromatic heterocycles. The van der Waals surface area contributed by atoms with E-state index in [0.29, 0.717) is 11.8 Å². The molecule has 0 bridgehead atoms. The van der Waals surface area contributed by atoms with Crippen LogP contribution in [0.3, 0.4) is 0 Å². The second-order valence-electron chi connectivity index (χ2n) is 8.17. The lowest BCUT2D eigenvalue weighted by molar-refractivity contribution is -0.0354. The number of nitrogens with one attached hydrogen (secondary N) is 2. The Morgan fingerprint density at radius 2 is 2.12 bits per heavy atom. The van der Waals surface area contributed by atoms with Gasteiger partial charge in [0.2, 0.25) is 0 Å². The Hall–Kier alpha value is -3.62. The number of anilines is 1. The van der Waals surface area contributed by atoms with Gasteiger partial charge in [0.05, 0.1) is 30.0 Å². The predicted molar refractivity (Wildman–Crippen MR) is 115 cm³/mol. The van der Waals surface area contributed by atoms with E-state index in [1.54, 1.807) is 6.92 Å². The molecule has 2 aromatic carbocycles. The molecule has 9 heteroatoms. The third-order valence-electron chi connectivity index (χ3n) is 6.11. The fourth-order valence-corrected chi connectivity index (χ4v) is 4.47. The summed E-state index contributed by atoms with van der Waals surface area (Å²) in [4.78, 5) is 25.0. The maximum atomic E-state index is 14.3. The Labute approximate surface area is 183 Å². The van der Waals surface area contributed by atoms with Gasteiger partial charge in [-0.1, -0.05) is 18.2 Å². The number of urea groups is 1. The molecule has 2 heterocycles. The number of ether oxygens (including phenoxy) is 2. The summed E-state index contributed by atoms with van der Waals surface area (Å²) in [7, 11) is 0. The van der Waals surface area contributed by atoms with Crippen LogP contribution in [-0.2, 0) is 4.74 Å². The van der Waals surface area contributed by atoms with Gasteiger partial charge in [0, 0.05) is 23.4 Å². The second kappa shape index (κ2) is 7.81. The number of amides is 2. The van der Waals surface area contributed by atoms with E-state index in [1.165, 1.54) is 18.3 Å². The molecule has 2 N–H and O–H groups in total. The van der Waals surface area contributed by atoms with Gasteiger partial charge in [-0.15, -0.1) is 0 Å². The molecule has 1 unspecified atom stereocenters. The molecule has 1 aliphatic heterocycles. The molecule has 1 aliphatic carbocycles. The molecule has 1 saturated carbocycles. The summed E-state index contributed by atoms with van der Waals surface area (Å²) in [6.07, 6.45) is 4.38. The second-order valence-corrected chi connectivity index (χ2v) is 8.17. The van der Waals surface area contributed by atoms with Crippen molar-refractivity contribution in [2.75, 3.05) is 11.9 Å². The zero-order valence-corrected chi connectivity index (χ0v) is 17.6. The summed E-state index contributed by atoms with van der Waals surface area (Å²) in [5.41, 5.74) is 1.11. The number of benzene rings is 2. The van der Waals surface area contributed by atoms with Gasteiger partial charge in [-0.25, -0.2) is 14.0 Å². The molecule has 0 saturated heterocycles. The SMILES string of the molecule is CCOC(=O)n1ncc2c(NC(=O)NC3CC4(CCC4)Oc4ccccc43)cc(F)cc21. The van der Waals surface area contributed by atoms with E-state index < -0.39 is 17.9 Å². The van der Waals surface area contributed by atoms with Crippen LogP contribution < -0.4 is 15.4 Å². The highest BCUT2D eigenvalue weighted by Crippen LogP contribution is 2.48. The van der Waals surface area contributed by atoms with Gasteiger partial charge in [0.15, 0.2) is 0 Å². The molecule has 32 heavy (non-hydrogen) atoms. The number of rotatable bonds is 3. The number of para-hydroxylation sites is 1. The van der Waals surface area contributed by atoms with Crippen molar-refractivity contribution in [2.45, 2.75) is 44.2 Å². The predicted octanol–water partition coefficient (Wildman–Crippen LogP) is 4.75. The number of fused-ring (bicyclic) bond motifs is 2. The van der Waals surface area contributed by atoms with E-state index >= 15 is 0 Å². The first kappa shape index (κ1) is 20.3. The normalized spacial score (nSPS) is 18.4. The Morgan fingerprint density at radius 1 is 1.31 bits per heavy atom. The van der Waals surface area contributed by atoms with Crippen molar-refractivity contribution in [3.05, 3.63) is 54.0 Å². The van der Waals surface area contributed by atoms with E-state index in [2.05, 4.69) is 15.7 Å². The van der Waals surface area contributed by atoms with Crippen molar-refractivity contribution in [1.29, 1.82) is 0 Å². The van der Waals surface area contributed by atoms with E-state index in [4.69, 9.17) is 9.47 Å². The van der Waals surface area contributed by atoms with Gasteiger partial charge >= 0.3 is 12.1 Å². The standard InChI is InChI=1S/C23H23FN4O4/c1-2-31-22(30)28-19-11-14(24)10-17(16(19)13-25-28)26-21(29)27-18-12-23(8-5-9-23)32-20-7-4-3-6-15(18)20/h3-4,6-7,10-11,13,18H,2,5,8-9,12H2,1H3,(H2,26,27,29). The molecule has 2 amide bonds. The van der Waals surface area contributed by atoms with Crippen molar-refractivity contribution >= 4 is 28.7 Å². The lowest BCUT2D eigenvalue weighted by atomic mass is 9.73. The zero-order chi connectivity index (χ0) is 22.3. The minimum absolute atomic E-state index is 0.164. The molecule has 1 spiro atoms. The first-order valence-electron chi connectivity index (χ1n) is 10.7. The lowest BCUT2D eigenvalue weighted by Crippen LogP contribution is -2.50. The zero-order valence-electron chi connectivity index (χ0n) is 17.6. The van der Waals surface area contributed by atoms with Gasteiger partial charge in [-0.05, 0) is 38.3 Å². The van der Waals surface area contributed by atoms with Gasteiger partial charge in [0.1, 0.15) is 17.2 Å². The minimum atomic E-state index is -0.715. The smallest absolute Gasteiger partial charge is 0.435 e. The summed E-state index contributed by atoms with van der Waals surface area (Å²) < 4.78 is 26.4. The number of halogens is 1. The van der Waals surface area contributed by atoms with E-state index in [1.807, 2.05) is 24.3 Å². The summed E-state index contributed by atoms with van der Waals surface area (Å²) in [6, 6.07) is 9.35. The van der Waals surface area contributed by atoms with E-state index in [9.17, 15) is 14.0 Å². The van der Waals surface area contributed by atoms with Gasteiger partial charge in [-0.2, -0.15) is 9.78 Å². The monoisotopic (exact) mass is 438 g/mol. The number of carbonyl (C=O) groups excluding carboxylic acids is 2. The summed E-state index contributed by atoms with van der Waals surface area (Å²) >= 11 is 0. The molecule has 2 aliphatic rings. The van der Waals surface area contributed by atoms with Crippen molar-refractivity contribution in [2.24, 2.45) is 0 Å². The quantitative estimate of drug-likeness (QED) is 0.616. The molecular formula is C23H23FN4O4. The highest BCUT2D eigenvalue weighted by molar-refractivity contribution is 6.02. The Balaban J connectivity index is 1.39. The summed E-state index contributed by atoms with van der Waals surface area (Å²) in [6.45, 7) is 1.83. The minimum Gasteiger partial charge on any atom is -0.487 e. The summed E-state index contributed by atoms with van der Waals surface area (Å²) in [5, 5.41) is 10.1. The van der Waals surface area contributed by atoms with Crippen LogP contribution in [0.25, 0.3) is 10.9 Å². The molecule has 8 nitrogen and oxygen atoms in total. The molecule has 1 fully saturated rings. The average Bonchev–Trinajstić information content (AvgIpc) is 3.16. The molecule has 5 rings (SSSR count). The Kier molecular flexibility index (Phi) is 4.96. The molecule has 3 aromatic rings. The van der Waals surface area contributed by atoms with E-state index in [-0.39, 0.29) is 29.5 Å². The topological polar surface area (TPSA) is 94.5 Å². The lowest BCUT2D eigenvalue weighted by Gasteiger charge is -2.48. The Bertz CT molecular complexity index is 1200. The molecule has 0 radical (unpaired) electrons. The van der Waals surface area contributed by atoms with Crippen LogP contribution in [0.1, 0.15) is 44.2 Å². The highest BCUT2D eigenvalue weighted by atomic mass is 19.1. The van der Waals surface area contributed by atoms with Crippen LogP contribution >= 0.6 is 0 Å². The van der Waals surface area contributed by atoms with Crippen LogP contribution in [0.15, 0.2) is 42.6 Å². The first-order chi connectivity index (χ1) is 15.5. The molecule has 166 valence electrons. The van der Waals surface area contributed by atoms with Gasteiger partial charge in [-0.3, -0.25) is 0 Å². The van der Waals surface area contributed by atoms with Crippen molar-refractivity contribution < 1.29 is 23.5 Å². The van der Waals surface area contributed by atoms with Gasteiger partial charge in [0.25, 0.3) is 0 Å². The van der Waals surface area contributed by atoms with Crippen molar-refractivity contribution in [3.63, 3.8) is 0 Å². The van der Waals surface area contributed by atoms with Crippen LogP contribution in [0.5, 0.6) is 5.75 Å². The van der Waals surface area contributed by atoms with E-state index in [0.717, 1.165) is 35.3 Å². The fraction of sp³-hybridized carbons (Fsp3) is 0.348. The third-order valence-corrected chi connectivity index (χ3v) is 6.11. The molecule has 1 atom stereocenters. The van der Waals surface area contributed by atoms with Crippen LogP contribution in [-0.4, -0.2) is 34.1 Å². The maximum Gasteiger partial charge on any atom is 0.435 e. The average molecular weight is 438 g/mol. The third kappa shape index (κ3) is 3.53. The largest absolute Gasteiger partial charge is 0.487 e. The van der Waals surface area contributed by atoms with Crippen LogP contribution in [0.2, 0.25) is 0 Å². The first-order valence-corrected chi connectivity index (χ1v) is 10.7. The van der Waals surface area contributed by atoms with Crippen molar-refractivity contribution in [1.82, 2.24) is 15.1 Å². The van der Waals surface area contributed by atoms with Crippen LogP contribution in [0, 0.1) is 5.82 Å².